The SMILES string of the molecule is Cc1c(-c2cc3cc(OC(=O)NC4CC(O)C4)ncc3c(N)c2F)cnc2c1NC[C@H](C)C2. The van der Waals surface area contributed by atoms with Crippen LogP contribution in [0, 0.1) is 18.7 Å². The average Bonchev–Trinajstić information content (AvgIpc) is 2.75. The smallest absolute Gasteiger partial charge is 0.396 e. The third-order valence-electron chi connectivity index (χ3n) is 6.48. The van der Waals surface area contributed by atoms with Crippen molar-refractivity contribution in [3.8, 4) is 17.0 Å². The minimum Gasteiger partial charge on any atom is -0.396 e. The van der Waals surface area contributed by atoms with E-state index in [9.17, 15) is 9.90 Å². The van der Waals surface area contributed by atoms with Gasteiger partial charge in [0, 0.05) is 47.6 Å². The van der Waals surface area contributed by atoms with Crippen LogP contribution in [0.5, 0.6) is 5.88 Å². The summed E-state index contributed by atoms with van der Waals surface area (Å²) in [6.45, 7) is 4.95. The average molecular weight is 452 g/mol. The van der Waals surface area contributed by atoms with E-state index in [4.69, 9.17) is 10.5 Å². The molecule has 2 aliphatic rings. The molecule has 9 heteroatoms. The van der Waals surface area contributed by atoms with Crippen LogP contribution in [0.4, 0.5) is 20.6 Å². The predicted octanol–water partition coefficient (Wildman–Crippen LogP) is 3.54. The van der Waals surface area contributed by atoms with Gasteiger partial charge in [-0.1, -0.05) is 6.92 Å². The quantitative estimate of drug-likeness (QED) is 0.449. The number of nitrogen functional groups attached to an aromatic ring is 1. The molecule has 1 atom stereocenters. The number of rotatable bonds is 3. The monoisotopic (exact) mass is 451 g/mol. The molecule has 3 heterocycles. The molecule has 1 aliphatic heterocycles. The number of fused-ring (bicyclic) bond motifs is 2. The second-order valence-electron chi connectivity index (χ2n) is 9.06. The van der Waals surface area contributed by atoms with Crippen molar-refractivity contribution in [2.24, 2.45) is 5.92 Å². The number of nitrogens with one attached hydrogen (secondary N) is 2. The minimum atomic E-state index is -0.649. The van der Waals surface area contributed by atoms with Gasteiger partial charge >= 0.3 is 6.09 Å². The van der Waals surface area contributed by atoms with E-state index in [-0.39, 0.29) is 23.7 Å². The molecule has 0 unspecified atom stereocenters. The number of nitrogens with zero attached hydrogens (tertiary/aromatic N) is 2. The van der Waals surface area contributed by atoms with Gasteiger partial charge in [-0.05, 0) is 49.1 Å². The molecule has 5 N–H and O–H groups in total. The topological polar surface area (TPSA) is 122 Å². The van der Waals surface area contributed by atoms with Crippen molar-refractivity contribution >= 4 is 28.2 Å². The number of nitrogens with two attached hydrogens (primary N) is 1. The zero-order valence-corrected chi connectivity index (χ0v) is 18.5. The maximum absolute atomic E-state index is 15.3. The Hall–Kier alpha value is -3.46. The maximum Gasteiger partial charge on any atom is 0.414 e. The molecule has 1 saturated carbocycles. The van der Waals surface area contributed by atoms with Gasteiger partial charge in [-0.25, -0.2) is 14.2 Å². The van der Waals surface area contributed by atoms with Gasteiger partial charge in [0.15, 0.2) is 5.82 Å². The molecule has 1 aliphatic carbocycles. The molecule has 1 amide bonds. The number of aromatic nitrogens is 2. The summed E-state index contributed by atoms with van der Waals surface area (Å²) in [6.07, 6.45) is 3.93. The van der Waals surface area contributed by atoms with Crippen molar-refractivity contribution < 1.29 is 19.0 Å². The van der Waals surface area contributed by atoms with Gasteiger partial charge < -0.3 is 26.2 Å². The van der Waals surface area contributed by atoms with E-state index in [1.54, 1.807) is 18.3 Å². The van der Waals surface area contributed by atoms with Gasteiger partial charge in [0.2, 0.25) is 5.88 Å². The maximum atomic E-state index is 15.3. The summed E-state index contributed by atoms with van der Waals surface area (Å²) in [6, 6.07) is 3.13. The van der Waals surface area contributed by atoms with Crippen molar-refractivity contribution in [3.05, 3.63) is 41.6 Å². The van der Waals surface area contributed by atoms with Crippen LogP contribution in [0.25, 0.3) is 21.9 Å². The van der Waals surface area contributed by atoms with Crippen LogP contribution in [-0.4, -0.2) is 39.9 Å². The molecule has 3 aromatic rings. The van der Waals surface area contributed by atoms with Crippen LogP contribution < -0.4 is 21.1 Å². The van der Waals surface area contributed by atoms with E-state index in [0.29, 0.717) is 40.7 Å². The van der Waals surface area contributed by atoms with Crippen LogP contribution in [0.2, 0.25) is 0 Å². The van der Waals surface area contributed by atoms with E-state index >= 15 is 4.39 Å². The molecule has 2 aromatic heterocycles. The van der Waals surface area contributed by atoms with Gasteiger partial charge in [-0.3, -0.25) is 4.98 Å². The lowest BCUT2D eigenvalue weighted by Crippen LogP contribution is -2.47. The molecule has 0 bridgehead atoms. The second kappa shape index (κ2) is 8.15. The first-order valence-electron chi connectivity index (χ1n) is 11.1. The zero-order valence-electron chi connectivity index (χ0n) is 18.5. The number of hydrogen-bond donors (Lipinski definition) is 4. The Morgan fingerprint density at radius 1 is 1.27 bits per heavy atom. The van der Waals surface area contributed by atoms with Crippen molar-refractivity contribution in [1.29, 1.82) is 0 Å². The number of pyridine rings is 2. The largest absolute Gasteiger partial charge is 0.414 e. The van der Waals surface area contributed by atoms with E-state index in [1.165, 1.54) is 6.20 Å². The number of carbonyl (C=O) groups is 1. The Bertz CT molecular complexity index is 1260. The first-order chi connectivity index (χ1) is 15.8. The molecule has 8 nitrogen and oxygen atoms in total. The summed E-state index contributed by atoms with van der Waals surface area (Å²) in [5, 5.41) is 16.5. The Morgan fingerprint density at radius 3 is 2.82 bits per heavy atom. The molecule has 172 valence electrons. The zero-order chi connectivity index (χ0) is 23.3. The number of amides is 1. The van der Waals surface area contributed by atoms with Crippen molar-refractivity contribution in [3.63, 3.8) is 0 Å². The number of halogens is 1. The fraction of sp³-hybridized carbons (Fsp3) is 0.375. The van der Waals surface area contributed by atoms with Gasteiger partial charge in [-0.2, -0.15) is 0 Å². The van der Waals surface area contributed by atoms with Gasteiger partial charge in [0.1, 0.15) is 0 Å². The second-order valence-corrected chi connectivity index (χ2v) is 9.06. The first kappa shape index (κ1) is 21.4. The van der Waals surface area contributed by atoms with Crippen LogP contribution in [0.1, 0.15) is 31.0 Å². The molecule has 33 heavy (non-hydrogen) atoms. The molecular weight excluding hydrogens is 425 g/mol. The first-order valence-corrected chi connectivity index (χ1v) is 11.1. The van der Waals surface area contributed by atoms with E-state index < -0.39 is 11.9 Å². The highest BCUT2D eigenvalue weighted by molar-refractivity contribution is 5.98. The number of benzene rings is 1. The number of carbonyl (C=O) groups excluding carboxylic acids is 1. The van der Waals surface area contributed by atoms with Crippen molar-refractivity contribution in [2.45, 2.75) is 45.3 Å². The summed E-state index contributed by atoms with van der Waals surface area (Å²) < 4.78 is 20.6. The van der Waals surface area contributed by atoms with E-state index in [0.717, 1.165) is 29.9 Å². The summed E-state index contributed by atoms with van der Waals surface area (Å²) in [7, 11) is 0. The Labute approximate surface area is 190 Å². The third-order valence-corrected chi connectivity index (χ3v) is 6.48. The fourth-order valence-corrected chi connectivity index (χ4v) is 4.52. The molecular formula is C24H26FN5O3. The lowest BCUT2D eigenvalue weighted by molar-refractivity contribution is 0.0630. The van der Waals surface area contributed by atoms with E-state index in [1.807, 2.05) is 6.92 Å². The fourth-order valence-electron chi connectivity index (χ4n) is 4.52. The normalized spacial score (nSPS) is 21.6. The van der Waals surface area contributed by atoms with Crippen molar-refractivity contribution in [2.75, 3.05) is 17.6 Å². The minimum absolute atomic E-state index is 0.0202. The van der Waals surface area contributed by atoms with Gasteiger partial charge in [0.25, 0.3) is 0 Å². The Kier molecular flexibility index (Phi) is 5.28. The molecule has 5 rings (SSSR count). The summed E-state index contributed by atoms with van der Waals surface area (Å²) in [5.74, 6) is 0.0295. The van der Waals surface area contributed by atoms with Crippen LogP contribution in [0.15, 0.2) is 24.5 Å². The third kappa shape index (κ3) is 3.93. The molecule has 0 radical (unpaired) electrons. The Morgan fingerprint density at radius 2 is 2.06 bits per heavy atom. The van der Waals surface area contributed by atoms with Crippen LogP contribution >= 0.6 is 0 Å². The van der Waals surface area contributed by atoms with Gasteiger partial charge in [0.05, 0.1) is 23.2 Å². The number of anilines is 2. The number of ether oxygens (including phenoxy) is 1. The Balaban J connectivity index is 1.48. The summed E-state index contributed by atoms with van der Waals surface area (Å²) >= 11 is 0. The number of aliphatic hydroxyl groups excluding tert-OH is 1. The lowest BCUT2D eigenvalue weighted by atomic mass is 9.90. The number of hydrogen-bond acceptors (Lipinski definition) is 7. The molecule has 1 fully saturated rings. The van der Waals surface area contributed by atoms with Crippen LogP contribution in [-0.2, 0) is 6.42 Å². The standard InChI is InChI=1S/C24H26FN5O3/c1-11-3-19-23(29-8-11)12(2)17(9-27-19)16-4-13-5-20(28-10-18(13)22(26)21(16)25)33-24(32)30-14-6-15(31)7-14/h4-5,9-11,14-15,29,31H,3,6-8,26H2,1-2H3,(H,30,32)/t11-,14?,15?/m1/s1. The highest BCUT2D eigenvalue weighted by Crippen LogP contribution is 2.38. The van der Waals surface area contributed by atoms with Crippen LogP contribution in [0.3, 0.4) is 0 Å². The molecule has 0 saturated heterocycles. The lowest BCUT2D eigenvalue weighted by Gasteiger charge is -2.31. The highest BCUT2D eigenvalue weighted by atomic mass is 19.1. The highest BCUT2D eigenvalue weighted by Gasteiger charge is 2.29. The predicted molar refractivity (Wildman–Crippen MR) is 124 cm³/mol. The molecule has 0 spiro atoms. The molecule has 1 aromatic carbocycles. The van der Waals surface area contributed by atoms with Gasteiger partial charge in [-0.15, -0.1) is 0 Å². The van der Waals surface area contributed by atoms with Crippen molar-refractivity contribution in [1.82, 2.24) is 15.3 Å². The summed E-state index contributed by atoms with van der Waals surface area (Å²) in [4.78, 5) is 20.8. The van der Waals surface area contributed by atoms with E-state index in [2.05, 4.69) is 27.5 Å². The number of aliphatic hydroxyl groups is 1. The summed E-state index contributed by atoms with van der Waals surface area (Å²) in [5.41, 5.74) is 9.93.